The summed E-state index contributed by atoms with van der Waals surface area (Å²) in [6.45, 7) is 9.15. The molecule has 3 heterocycles. The maximum atomic E-state index is 5.09. The molecule has 4 heteroatoms. The number of hydrogen-bond donors (Lipinski definition) is 1. The zero-order chi connectivity index (χ0) is 19.8. The van der Waals surface area contributed by atoms with Crippen molar-refractivity contribution in [2.75, 3.05) is 26.2 Å². The number of nitrogens with one attached hydrogen (secondary N) is 1. The largest absolute Gasteiger partial charge is 0.324 e. The Bertz CT molecular complexity index is 961. The first-order chi connectivity index (χ1) is 14.1. The maximum Gasteiger partial charge on any atom is 0.114 e. The molecule has 0 aliphatic carbocycles. The van der Waals surface area contributed by atoms with Crippen LogP contribution in [0.5, 0.6) is 0 Å². The zero-order valence-electron chi connectivity index (χ0n) is 17.6. The molecule has 2 aromatic carbocycles. The number of aromatic nitrogens is 2. The zero-order valence-corrected chi connectivity index (χ0v) is 17.6. The van der Waals surface area contributed by atoms with Gasteiger partial charge in [-0.25, -0.2) is 4.98 Å². The fourth-order valence-electron chi connectivity index (χ4n) is 5.32. The number of fused-ring (bicyclic) bond motifs is 1. The molecule has 0 radical (unpaired) electrons. The van der Waals surface area contributed by atoms with Crippen molar-refractivity contribution in [3.05, 3.63) is 66.0 Å². The third kappa shape index (κ3) is 3.38. The van der Waals surface area contributed by atoms with Crippen LogP contribution in [0.25, 0.3) is 11.0 Å². The number of benzene rings is 2. The van der Waals surface area contributed by atoms with Crippen LogP contribution in [0.3, 0.4) is 0 Å². The molecule has 1 atom stereocenters. The highest BCUT2D eigenvalue weighted by atomic mass is 15.2. The van der Waals surface area contributed by atoms with E-state index in [1.165, 1.54) is 36.2 Å². The number of hydrogen-bond acceptors (Lipinski definition) is 3. The highest BCUT2D eigenvalue weighted by Gasteiger charge is 2.34. The lowest BCUT2D eigenvalue weighted by Crippen LogP contribution is -2.46. The number of para-hydroxylation sites is 2. The van der Waals surface area contributed by atoms with Gasteiger partial charge in [-0.3, -0.25) is 4.90 Å². The smallest absolute Gasteiger partial charge is 0.114 e. The first-order valence-electron chi connectivity index (χ1n) is 11.1. The van der Waals surface area contributed by atoms with E-state index < -0.39 is 0 Å². The van der Waals surface area contributed by atoms with Crippen LogP contribution in [0.2, 0.25) is 0 Å². The molecule has 4 nitrogen and oxygen atoms in total. The first kappa shape index (κ1) is 18.8. The van der Waals surface area contributed by atoms with Gasteiger partial charge in [0.15, 0.2) is 0 Å². The van der Waals surface area contributed by atoms with Crippen LogP contribution in [0.4, 0.5) is 0 Å². The lowest BCUT2D eigenvalue weighted by Gasteiger charge is -2.44. The van der Waals surface area contributed by atoms with E-state index in [-0.39, 0.29) is 5.54 Å². The van der Waals surface area contributed by atoms with Crippen LogP contribution in [0.1, 0.15) is 56.5 Å². The van der Waals surface area contributed by atoms with Crippen molar-refractivity contribution in [1.82, 2.24) is 19.8 Å². The lowest BCUT2D eigenvalue weighted by molar-refractivity contribution is 0.0753. The molecular formula is C25H32N4. The SMILES string of the molecule is CC(C)(c1ccccc1)N1CCC(n2c(C3CCNC3)nc3ccccc32)CC1. The Labute approximate surface area is 173 Å². The quantitative estimate of drug-likeness (QED) is 0.704. The summed E-state index contributed by atoms with van der Waals surface area (Å²) < 4.78 is 2.60. The van der Waals surface area contributed by atoms with Crippen LogP contribution in [-0.4, -0.2) is 40.6 Å². The van der Waals surface area contributed by atoms with E-state index in [0.29, 0.717) is 12.0 Å². The van der Waals surface area contributed by atoms with E-state index in [0.717, 1.165) is 31.7 Å². The Balaban J connectivity index is 1.41. The second kappa shape index (κ2) is 7.58. The minimum atomic E-state index is 0.0709. The molecule has 152 valence electrons. The first-order valence-corrected chi connectivity index (χ1v) is 11.1. The Morgan fingerprint density at radius 2 is 1.66 bits per heavy atom. The van der Waals surface area contributed by atoms with E-state index in [9.17, 15) is 0 Å². The van der Waals surface area contributed by atoms with Crippen molar-refractivity contribution in [2.45, 2.75) is 50.6 Å². The topological polar surface area (TPSA) is 33.1 Å². The normalized spacial score (nSPS) is 21.8. The Morgan fingerprint density at radius 3 is 2.38 bits per heavy atom. The number of piperidine rings is 1. The summed E-state index contributed by atoms with van der Waals surface area (Å²) in [6.07, 6.45) is 3.57. The number of nitrogens with zero attached hydrogens (tertiary/aromatic N) is 3. The van der Waals surface area contributed by atoms with Crippen molar-refractivity contribution >= 4 is 11.0 Å². The van der Waals surface area contributed by atoms with Gasteiger partial charge in [0.05, 0.1) is 11.0 Å². The predicted octanol–water partition coefficient (Wildman–Crippen LogP) is 4.69. The Hall–Kier alpha value is -2.17. The predicted molar refractivity (Wildman–Crippen MR) is 119 cm³/mol. The van der Waals surface area contributed by atoms with Crippen LogP contribution in [0.15, 0.2) is 54.6 Å². The molecule has 0 saturated carbocycles. The molecule has 2 aliphatic rings. The van der Waals surface area contributed by atoms with Gasteiger partial charge in [-0.1, -0.05) is 42.5 Å². The van der Waals surface area contributed by atoms with Gasteiger partial charge in [0, 0.05) is 37.1 Å². The van der Waals surface area contributed by atoms with E-state index in [4.69, 9.17) is 4.98 Å². The lowest BCUT2D eigenvalue weighted by atomic mass is 9.89. The standard InChI is InChI=1S/C25H32N4/c1-25(2,20-8-4-3-5-9-20)28-16-13-21(14-17-28)29-23-11-7-6-10-22(23)27-24(29)19-12-15-26-18-19/h3-11,19,21,26H,12-18H2,1-2H3. The van der Waals surface area contributed by atoms with Gasteiger partial charge in [-0.2, -0.15) is 0 Å². The molecule has 0 amide bonds. The van der Waals surface area contributed by atoms with Crippen molar-refractivity contribution < 1.29 is 0 Å². The minimum Gasteiger partial charge on any atom is -0.324 e. The third-order valence-corrected chi connectivity index (χ3v) is 7.15. The molecule has 0 spiro atoms. The molecule has 2 saturated heterocycles. The van der Waals surface area contributed by atoms with Gasteiger partial charge in [-0.05, 0) is 57.4 Å². The fraction of sp³-hybridized carbons (Fsp3) is 0.480. The van der Waals surface area contributed by atoms with Crippen molar-refractivity contribution in [3.63, 3.8) is 0 Å². The molecule has 3 aromatic rings. The van der Waals surface area contributed by atoms with Crippen molar-refractivity contribution in [2.24, 2.45) is 0 Å². The molecule has 1 unspecified atom stereocenters. The highest BCUT2D eigenvalue weighted by Crippen LogP contribution is 2.37. The molecule has 2 aliphatic heterocycles. The van der Waals surface area contributed by atoms with Crippen LogP contribution >= 0.6 is 0 Å². The van der Waals surface area contributed by atoms with Gasteiger partial charge in [0.1, 0.15) is 5.82 Å². The van der Waals surface area contributed by atoms with Gasteiger partial charge < -0.3 is 9.88 Å². The maximum absolute atomic E-state index is 5.09. The average molecular weight is 389 g/mol. The van der Waals surface area contributed by atoms with E-state index in [1.54, 1.807) is 0 Å². The summed E-state index contributed by atoms with van der Waals surface area (Å²) in [5, 5.41) is 3.53. The van der Waals surface area contributed by atoms with Crippen LogP contribution in [-0.2, 0) is 5.54 Å². The number of imidazole rings is 1. The second-order valence-corrected chi connectivity index (χ2v) is 9.16. The Kier molecular flexibility index (Phi) is 4.92. The minimum absolute atomic E-state index is 0.0709. The summed E-state index contributed by atoms with van der Waals surface area (Å²) in [5.41, 5.74) is 3.95. The monoisotopic (exact) mass is 388 g/mol. The molecular weight excluding hydrogens is 356 g/mol. The summed E-state index contributed by atoms with van der Waals surface area (Å²) in [4.78, 5) is 7.76. The van der Waals surface area contributed by atoms with Crippen molar-refractivity contribution in [3.8, 4) is 0 Å². The van der Waals surface area contributed by atoms with E-state index in [1.807, 2.05) is 0 Å². The van der Waals surface area contributed by atoms with Crippen LogP contribution in [0, 0.1) is 0 Å². The number of rotatable bonds is 4. The molecule has 2 fully saturated rings. The number of likely N-dealkylation sites (tertiary alicyclic amines) is 1. The summed E-state index contributed by atoms with van der Waals surface area (Å²) in [5.74, 6) is 1.85. The summed E-state index contributed by atoms with van der Waals surface area (Å²) in [6, 6.07) is 20.2. The fourth-order valence-corrected chi connectivity index (χ4v) is 5.32. The Morgan fingerprint density at radius 1 is 0.931 bits per heavy atom. The van der Waals surface area contributed by atoms with Gasteiger partial charge in [0.25, 0.3) is 0 Å². The van der Waals surface area contributed by atoms with Gasteiger partial charge >= 0.3 is 0 Å². The average Bonchev–Trinajstić information content (AvgIpc) is 3.42. The van der Waals surface area contributed by atoms with Crippen LogP contribution < -0.4 is 5.32 Å². The van der Waals surface area contributed by atoms with Gasteiger partial charge in [-0.15, -0.1) is 0 Å². The molecule has 0 bridgehead atoms. The van der Waals surface area contributed by atoms with E-state index in [2.05, 4.69) is 83.2 Å². The van der Waals surface area contributed by atoms with Gasteiger partial charge in [0.2, 0.25) is 0 Å². The summed E-state index contributed by atoms with van der Waals surface area (Å²) in [7, 11) is 0. The molecule has 1 N–H and O–H groups in total. The highest BCUT2D eigenvalue weighted by molar-refractivity contribution is 5.76. The van der Waals surface area contributed by atoms with E-state index >= 15 is 0 Å². The molecule has 5 rings (SSSR count). The van der Waals surface area contributed by atoms with Crippen molar-refractivity contribution in [1.29, 1.82) is 0 Å². The second-order valence-electron chi connectivity index (χ2n) is 9.16. The molecule has 29 heavy (non-hydrogen) atoms. The summed E-state index contributed by atoms with van der Waals surface area (Å²) >= 11 is 0. The third-order valence-electron chi connectivity index (χ3n) is 7.15. The molecule has 1 aromatic heterocycles.